The van der Waals surface area contributed by atoms with Gasteiger partial charge in [-0.1, -0.05) is 24.3 Å². The van der Waals surface area contributed by atoms with Gasteiger partial charge in [0.05, 0.1) is 12.7 Å². The molecule has 0 heterocycles. The van der Waals surface area contributed by atoms with Crippen molar-refractivity contribution in [2.24, 2.45) is 0 Å². The number of anilines is 1. The molecule has 1 atom stereocenters. The minimum atomic E-state index is -0.312. The minimum absolute atomic E-state index is 0.101. The van der Waals surface area contributed by atoms with Crippen LogP contribution < -0.4 is 5.73 Å². The van der Waals surface area contributed by atoms with Crippen LogP contribution in [0.4, 0.5) is 10.1 Å². The number of aryl methyl sites for hydroxylation is 1. The molecule has 0 bridgehead atoms. The van der Waals surface area contributed by atoms with Gasteiger partial charge in [-0.25, -0.2) is 4.39 Å². The zero-order valence-electron chi connectivity index (χ0n) is 11.3. The van der Waals surface area contributed by atoms with Crippen LogP contribution in [-0.4, -0.2) is 0 Å². The summed E-state index contributed by atoms with van der Waals surface area (Å²) in [4.78, 5) is 0. The first-order valence-electron chi connectivity index (χ1n) is 6.97. The lowest BCUT2D eigenvalue weighted by Crippen LogP contribution is -2.12. The Bertz CT molecular complexity index is 591. The molecule has 104 valence electrons. The Morgan fingerprint density at radius 2 is 2.05 bits per heavy atom. The summed E-state index contributed by atoms with van der Waals surface area (Å²) in [6, 6.07) is 12.9. The van der Waals surface area contributed by atoms with Gasteiger partial charge in [0.25, 0.3) is 0 Å². The summed E-state index contributed by atoms with van der Waals surface area (Å²) >= 11 is 0. The zero-order chi connectivity index (χ0) is 13.9. The van der Waals surface area contributed by atoms with E-state index < -0.39 is 0 Å². The maximum Gasteiger partial charge on any atom is 0.125 e. The van der Waals surface area contributed by atoms with Crippen LogP contribution in [-0.2, 0) is 17.8 Å². The first-order chi connectivity index (χ1) is 9.72. The van der Waals surface area contributed by atoms with Gasteiger partial charge in [0.2, 0.25) is 0 Å². The molecule has 0 saturated heterocycles. The molecule has 0 aromatic heterocycles. The second-order valence-electron chi connectivity index (χ2n) is 5.28. The van der Waals surface area contributed by atoms with Crippen molar-refractivity contribution in [3.8, 4) is 0 Å². The molecule has 3 heteroatoms. The second-order valence-corrected chi connectivity index (χ2v) is 5.28. The number of halogens is 1. The number of benzene rings is 2. The highest BCUT2D eigenvalue weighted by Gasteiger charge is 2.20. The lowest BCUT2D eigenvalue weighted by Gasteiger charge is -2.25. The van der Waals surface area contributed by atoms with Gasteiger partial charge in [-0.15, -0.1) is 0 Å². The molecule has 1 aliphatic rings. The molecule has 0 amide bonds. The quantitative estimate of drug-likeness (QED) is 0.856. The van der Waals surface area contributed by atoms with E-state index in [4.69, 9.17) is 10.5 Å². The van der Waals surface area contributed by atoms with Crippen molar-refractivity contribution in [3.05, 3.63) is 65.0 Å². The van der Waals surface area contributed by atoms with Gasteiger partial charge in [-0.05, 0) is 54.2 Å². The standard InChI is InChI=1S/C17H18FNO/c18-14-8-12(9-15(19)10-14)11-20-17-7-3-5-13-4-1-2-6-16(13)17/h1-2,4,6,8-10,17H,3,5,7,11,19H2. The second kappa shape index (κ2) is 5.63. The maximum absolute atomic E-state index is 13.3. The first kappa shape index (κ1) is 13.1. The molecule has 0 spiro atoms. The van der Waals surface area contributed by atoms with Gasteiger partial charge in [0.15, 0.2) is 0 Å². The van der Waals surface area contributed by atoms with Crippen LogP contribution in [0, 0.1) is 5.82 Å². The number of nitrogens with two attached hydrogens (primary N) is 1. The molecule has 1 aliphatic carbocycles. The van der Waals surface area contributed by atoms with E-state index in [-0.39, 0.29) is 11.9 Å². The molecule has 2 aromatic rings. The third kappa shape index (κ3) is 2.83. The van der Waals surface area contributed by atoms with Gasteiger partial charge in [0.1, 0.15) is 5.82 Å². The molecular formula is C17H18FNO. The highest BCUT2D eigenvalue weighted by Crippen LogP contribution is 2.33. The molecule has 0 aliphatic heterocycles. The maximum atomic E-state index is 13.3. The molecule has 2 nitrogen and oxygen atoms in total. The van der Waals surface area contributed by atoms with Gasteiger partial charge in [-0.3, -0.25) is 0 Å². The molecule has 0 fully saturated rings. The average Bonchev–Trinajstić information content (AvgIpc) is 2.44. The summed E-state index contributed by atoms with van der Waals surface area (Å²) in [6.07, 6.45) is 3.36. The van der Waals surface area contributed by atoms with Crippen LogP contribution in [0.2, 0.25) is 0 Å². The predicted molar refractivity (Wildman–Crippen MR) is 77.7 cm³/mol. The van der Waals surface area contributed by atoms with Crippen molar-refractivity contribution < 1.29 is 9.13 Å². The molecule has 2 aromatic carbocycles. The Kier molecular flexibility index (Phi) is 3.70. The number of hydrogen-bond donors (Lipinski definition) is 1. The van der Waals surface area contributed by atoms with Crippen molar-refractivity contribution in [2.45, 2.75) is 32.0 Å². The number of rotatable bonds is 3. The molecule has 20 heavy (non-hydrogen) atoms. The molecular weight excluding hydrogens is 253 g/mol. The molecule has 2 N–H and O–H groups in total. The number of ether oxygens (including phenoxy) is 1. The first-order valence-corrected chi connectivity index (χ1v) is 6.97. The fraction of sp³-hybridized carbons (Fsp3) is 0.294. The van der Waals surface area contributed by atoms with Crippen LogP contribution >= 0.6 is 0 Å². The van der Waals surface area contributed by atoms with E-state index in [0.29, 0.717) is 12.3 Å². The lowest BCUT2D eigenvalue weighted by atomic mass is 9.89. The van der Waals surface area contributed by atoms with Gasteiger partial charge >= 0.3 is 0 Å². The number of nitrogen functional groups attached to an aromatic ring is 1. The Labute approximate surface area is 118 Å². The van der Waals surface area contributed by atoms with Crippen molar-refractivity contribution >= 4 is 5.69 Å². The van der Waals surface area contributed by atoms with E-state index in [9.17, 15) is 4.39 Å². The van der Waals surface area contributed by atoms with E-state index in [1.165, 1.54) is 23.3 Å². The summed E-state index contributed by atoms with van der Waals surface area (Å²) < 4.78 is 19.3. The molecule has 1 unspecified atom stereocenters. The monoisotopic (exact) mass is 271 g/mol. The molecule has 0 radical (unpaired) electrons. The Morgan fingerprint density at radius 3 is 2.90 bits per heavy atom. The van der Waals surface area contributed by atoms with Crippen LogP contribution in [0.5, 0.6) is 0 Å². The van der Waals surface area contributed by atoms with Gasteiger partial charge in [0, 0.05) is 5.69 Å². The molecule has 3 rings (SSSR count). The summed E-state index contributed by atoms with van der Waals surface area (Å²) in [5, 5.41) is 0. The average molecular weight is 271 g/mol. The summed E-state index contributed by atoms with van der Waals surface area (Å²) in [7, 11) is 0. The van der Waals surface area contributed by atoms with Crippen LogP contribution in [0.3, 0.4) is 0 Å². The van der Waals surface area contributed by atoms with E-state index in [2.05, 4.69) is 18.2 Å². The zero-order valence-corrected chi connectivity index (χ0v) is 11.3. The van der Waals surface area contributed by atoms with E-state index in [1.54, 1.807) is 6.07 Å². The minimum Gasteiger partial charge on any atom is -0.399 e. The lowest BCUT2D eigenvalue weighted by molar-refractivity contribution is 0.0282. The summed E-state index contributed by atoms with van der Waals surface area (Å²) in [5.74, 6) is -0.312. The fourth-order valence-corrected chi connectivity index (χ4v) is 2.84. The number of hydrogen-bond acceptors (Lipinski definition) is 2. The van der Waals surface area contributed by atoms with Crippen LogP contribution in [0.15, 0.2) is 42.5 Å². The Balaban J connectivity index is 1.73. The van der Waals surface area contributed by atoms with Crippen LogP contribution in [0.25, 0.3) is 0 Å². The third-order valence-electron chi connectivity index (χ3n) is 3.75. The SMILES string of the molecule is Nc1cc(F)cc(COC2CCCc3ccccc32)c1. The summed E-state index contributed by atoms with van der Waals surface area (Å²) in [5.41, 5.74) is 9.50. The largest absolute Gasteiger partial charge is 0.399 e. The predicted octanol–water partition coefficient (Wildman–Crippen LogP) is 4.00. The fourth-order valence-electron chi connectivity index (χ4n) is 2.84. The van der Waals surface area contributed by atoms with Crippen molar-refractivity contribution in [2.75, 3.05) is 5.73 Å². The van der Waals surface area contributed by atoms with E-state index in [0.717, 1.165) is 24.8 Å². The van der Waals surface area contributed by atoms with Crippen molar-refractivity contribution in [1.29, 1.82) is 0 Å². The third-order valence-corrected chi connectivity index (χ3v) is 3.75. The smallest absolute Gasteiger partial charge is 0.125 e. The topological polar surface area (TPSA) is 35.2 Å². The van der Waals surface area contributed by atoms with Crippen molar-refractivity contribution in [3.63, 3.8) is 0 Å². The van der Waals surface area contributed by atoms with Gasteiger partial charge < -0.3 is 10.5 Å². The van der Waals surface area contributed by atoms with Crippen molar-refractivity contribution in [1.82, 2.24) is 0 Å². The Hall–Kier alpha value is -1.87. The summed E-state index contributed by atoms with van der Waals surface area (Å²) in [6.45, 7) is 0.390. The highest BCUT2D eigenvalue weighted by molar-refractivity contribution is 5.41. The highest BCUT2D eigenvalue weighted by atomic mass is 19.1. The van der Waals surface area contributed by atoms with E-state index in [1.807, 2.05) is 6.07 Å². The van der Waals surface area contributed by atoms with Crippen LogP contribution in [0.1, 0.15) is 35.6 Å². The normalized spacial score (nSPS) is 17.8. The Morgan fingerprint density at radius 1 is 1.20 bits per heavy atom. The molecule has 0 saturated carbocycles. The number of fused-ring (bicyclic) bond motifs is 1. The van der Waals surface area contributed by atoms with E-state index >= 15 is 0 Å². The van der Waals surface area contributed by atoms with Gasteiger partial charge in [-0.2, -0.15) is 0 Å².